The van der Waals surface area contributed by atoms with Crippen LogP contribution in [0.25, 0.3) is 10.2 Å². The number of hydrogen-bond acceptors (Lipinski definition) is 5. The van der Waals surface area contributed by atoms with E-state index in [2.05, 4.69) is 28.3 Å². The van der Waals surface area contributed by atoms with Gasteiger partial charge >= 0.3 is 0 Å². The Morgan fingerprint density at radius 3 is 2.80 bits per heavy atom. The predicted molar refractivity (Wildman–Crippen MR) is 121 cm³/mol. The maximum Gasteiger partial charge on any atom is 0.227 e. The highest BCUT2D eigenvalue weighted by Gasteiger charge is 2.18. The van der Waals surface area contributed by atoms with Crippen molar-refractivity contribution in [1.82, 2.24) is 14.5 Å². The van der Waals surface area contributed by atoms with Crippen molar-refractivity contribution in [2.45, 2.75) is 64.8 Å². The van der Waals surface area contributed by atoms with Crippen LogP contribution in [0.2, 0.25) is 0 Å². The molecular weight excluding hydrogens is 394 g/mol. The van der Waals surface area contributed by atoms with Crippen molar-refractivity contribution in [2.24, 2.45) is 5.92 Å². The second-order valence-electron chi connectivity index (χ2n) is 7.72. The summed E-state index contributed by atoms with van der Waals surface area (Å²) in [5.41, 5.74) is 1.53. The quantitative estimate of drug-likeness (QED) is 0.387. The molecule has 0 spiro atoms. The van der Waals surface area contributed by atoms with Crippen LogP contribution in [0.1, 0.15) is 69.8 Å². The van der Waals surface area contributed by atoms with Gasteiger partial charge < -0.3 is 9.88 Å². The molecule has 0 aliphatic rings. The van der Waals surface area contributed by atoms with E-state index < -0.39 is 6.04 Å². The van der Waals surface area contributed by atoms with Crippen LogP contribution in [-0.2, 0) is 4.79 Å². The summed E-state index contributed by atoms with van der Waals surface area (Å²) < 4.78 is 2.73. The Labute approximate surface area is 182 Å². The molecule has 2 atom stereocenters. The standard InChI is InChI=1S/C23H29N5OS/c1-3-4-5-6-7-8-9-17(2)22(29)26-18-10-11-21-19(14-18)27-23(30-21)20(15-24)28-13-12-25-16-28/h10-14,16-17,20H,3-9H2,1-2H3,(H,26,29). The van der Waals surface area contributed by atoms with E-state index in [-0.39, 0.29) is 11.8 Å². The summed E-state index contributed by atoms with van der Waals surface area (Å²) in [5.74, 6) is 0.0359. The van der Waals surface area contributed by atoms with Gasteiger partial charge in [-0.15, -0.1) is 11.3 Å². The van der Waals surface area contributed by atoms with Gasteiger partial charge in [-0.1, -0.05) is 52.4 Å². The molecule has 2 aromatic heterocycles. The van der Waals surface area contributed by atoms with Gasteiger partial charge in [-0.05, 0) is 24.6 Å². The number of hydrogen-bond donors (Lipinski definition) is 1. The number of imidazole rings is 1. The summed E-state index contributed by atoms with van der Waals surface area (Å²) in [6, 6.07) is 7.51. The van der Waals surface area contributed by atoms with E-state index in [1.54, 1.807) is 23.3 Å². The molecule has 158 valence electrons. The summed E-state index contributed by atoms with van der Waals surface area (Å²) >= 11 is 1.49. The van der Waals surface area contributed by atoms with Gasteiger partial charge in [-0.2, -0.15) is 5.26 Å². The van der Waals surface area contributed by atoms with Gasteiger partial charge in [0.15, 0.2) is 6.04 Å². The summed E-state index contributed by atoms with van der Waals surface area (Å²) in [7, 11) is 0. The number of fused-ring (bicyclic) bond motifs is 1. The number of nitriles is 1. The van der Waals surface area contributed by atoms with Crippen molar-refractivity contribution < 1.29 is 4.79 Å². The minimum Gasteiger partial charge on any atom is -0.326 e. The maximum atomic E-state index is 12.5. The molecule has 0 saturated heterocycles. The molecule has 3 rings (SSSR count). The fourth-order valence-electron chi connectivity index (χ4n) is 3.44. The van der Waals surface area contributed by atoms with Gasteiger partial charge in [0.1, 0.15) is 5.01 Å². The summed E-state index contributed by atoms with van der Waals surface area (Å²) in [5, 5.41) is 13.3. The SMILES string of the molecule is CCCCCCCCC(C)C(=O)Nc1ccc2sc(C(C#N)n3ccnc3)nc2c1. The number of thiazole rings is 1. The van der Waals surface area contributed by atoms with Crippen LogP contribution in [0.3, 0.4) is 0 Å². The second kappa shape index (κ2) is 10.9. The molecule has 0 aliphatic heterocycles. The van der Waals surface area contributed by atoms with Gasteiger partial charge in [0.25, 0.3) is 0 Å². The molecule has 0 fully saturated rings. The van der Waals surface area contributed by atoms with Crippen LogP contribution in [0.4, 0.5) is 5.69 Å². The molecule has 1 amide bonds. The van der Waals surface area contributed by atoms with Crippen LogP contribution in [0.15, 0.2) is 36.9 Å². The second-order valence-corrected chi connectivity index (χ2v) is 8.79. The third kappa shape index (κ3) is 5.67. The largest absolute Gasteiger partial charge is 0.326 e. The molecule has 2 heterocycles. The van der Waals surface area contributed by atoms with Crippen molar-refractivity contribution in [3.05, 3.63) is 41.9 Å². The summed E-state index contributed by atoms with van der Waals surface area (Å²) in [6.07, 6.45) is 13.3. The van der Waals surface area contributed by atoms with Crippen LogP contribution < -0.4 is 5.32 Å². The van der Waals surface area contributed by atoms with Crippen molar-refractivity contribution in [3.63, 3.8) is 0 Å². The highest BCUT2D eigenvalue weighted by molar-refractivity contribution is 7.18. The first-order chi connectivity index (χ1) is 14.6. The molecule has 0 aliphatic carbocycles. The monoisotopic (exact) mass is 423 g/mol. The molecule has 3 aromatic rings. The highest BCUT2D eigenvalue weighted by Crippen LogP contribution is 2.30. The van der Waals surface area contributed by atoms with E-state index in [1.165, 1.54) is 43.4 Å². The number of carbonyl (C=O) groups excluding carboxylic acids is 1. The number of aromatic nitrogens is 3. The van der Waals surface area contributed by atoms with Crippen molar-refractivity contribution in [3.8, 4) is 6.07 Å². The average Bonchev–Trinajstić information content (AvgIpc) is 3.41. The van der Waals surface area contributed by atoms with E-state index in [0.717, 1.165) is 28.7 Å². The third-order valence-electron chi connectivity index (χ3n) is 5.29. The van der Waals surface area contributed by atoms with E-state index in [1.807, 2.05) is 25.1 Å². The molecule has 0 saturated carbocycles. The molecule has 1 N–H and O–H groups in total. The van der Waals surface area contributed by atoms with E-state index in [9.17, 15) is 10.1 Å². The number of anilines is 1. The molecule has 30 heavy (non-hydrogen) atoms. The Morgan fingerprint density at radius 1 is 1.27 bits per heavy atom. The molecular formula is C23H29N5OS. The lowest BCUT2D eigenvalue weighted by Gasteiger charge is -2.12. The normalized spacial score (nSPS) is 13.1. The fraction of sp³-hybridized carbons (Fsp3) is 0.478. The van der Waals surface area contributed by atoms with Crippen LogP contribution in [0.5, 0.6) is 0 Å². The third-order valence-corrected chi connectivity index (χ3v) is 6.38. The fourth-order valence-corrected chi connectivity index (χ4v) is 4.44. The highest BCUT2D eigenvalue weighted by atomic mass is 32.1. The number of carbonyl (C=O) groups is 1. The minimum absolute atomic E-state index is 0.0120. The van der Waals surface area contributed by atoms with E-state index >= 15 is 0 Å². The number of rotatable bonds is 11. The average molecular weight is 424 g/mol. The Hall–Kier alpha value is -2.72. The number of amides is 1. The lowest BCUT2D eigenvalue weighted by Crippen LogP contribution is -2.20. The molecule has 2 unspecified atom stereocenters. The zero-order chi connectivity index (χ0) is 21.3. The predicted octanol–water partition coefficient (Wildman–Crippen LogP) is 5.93. The number of unbranched alkanes of at least 4 members (excludes halogenated alkanes) is 5. The van der Waals surface area contributed by atoms with E-state index in [0.29, 0.717) is 5.01 Å². The summed E-state index contributed by atoms with van der Waals surface area (Å²) in [4.78, 5) is 21.2. The van der Waals surface area contributed by atoms with Gasteiger partial charge in [-0.25, -0.2) is 9.97 Å². The van der Waals surface area contributed by atoms with Gasteiger partial charge in [0.05, 0.1) is 22.6 Å². The Kier molecular flexibility index (Phi) is 7.97. The zero-order valence-corrected chi connectivity index (χ0v) is 18.5. The number of nitrogens with zero attached hydrogens (tertiary/aromatic N) is 4. The smallest absolute Gasteiger partial charge is 0.227 e. The van der Waals surface area contributed by atoms with Crippen LogP contribution in [0, 0.1) is 17.2 Å². The van der Waals surface area contributed by atoms with Gasteiger partial charge in [-0.3, -0.25) is 4.79 Å². The maximum absolute atomic E-state index is 12.5. The minimum atomic E-state index is -0.500. The van der Waals surface area contributed by atoms with Gasteiger partial charge in [0, 0.05) is 24.0 Å². The molecule has 1 aromatic carbocycles. The lowest BCUT2D eigenvalue weighted by atomic mass is 10.0. The molecule has 0 radical (unpaired) electrons. The number of benzene rings is 1. The summed E-state index contributed by atoms with van der Waals surface area (Å²) in [6.45, 7) is 4.21. The Bertz CT molecular complexity index is 989. The van der Waals surface area contributed by atoms with Crippen molar-refractivity contribution in [1.29, 1.82) is 5.26 Å². The van der Waals surface area contributed by atoms with Crippen LogP contribution in [-0.4, -0.2) is 20.4 Å². The Balaban J connectivity index is 1.59. The topological polar surface area (TPSA) is 83.6 Å². The molecule has 7 heteroatoms. The first-order valence-corrected chi connectivity index (χ1v) is 11.5. The molecule has 0 bridgehead atoms. The Morgan fingerprint density at radius 2 is 2.07 bits per heavy atom. The first kappa shape index (κ1) is 22.0. The van der Waals surface area contributed by atoms with E-state index in [4.69, 9.17) is 0 Å². The lowest BCUT2D eigenvalue weighted by molar-refractivity contribution is -0.119. The first-order valence-electron chi connectivity index (χ1n) is 10.7. The van der Waals surface area contributed by atoms with Crippen molar-refractivity contribution in [2.75, 3.05) is 5.32 Å². The van der Waals surface area contributed by atoms with Crippen LogP contribution >= 0.6 is 11.3 Å². The number of nitrogens with one attached hydrogen (secondary N) is 1. The zero-order valence-electron chi connectivity index (χ0n) is 17.7. The van der Waals surface area contributed by atoms with Gasteiger partial charge in [0.2, 0.25) is 5.91 Å². The molecule has 6 nitrogen and oxygen atoms in total. The van der Waals surface area contributed by atoms with Crippen molar-refractivity contribution >= 4 is 33.1 Å².